The predicted molar refractivity (Wildman–Crippen MR) is 90.1 cm³/mol. The highest BCUT2D eigenvalue weighted by atomic mass is 16.4. The predicted octanol–water partition coefficient (Wildman–Crippen LogP) is 4.79. The first-order valence-electron chi connectivity index (χ1n) is 7.21. The van der Waals surface area contributed by atoms with Crippen molar-refractivity contribution in [1.82, 2.24) is 0 Å². The third-order valence-electron chi connectivity index (χ3n) is 3.70. The van der Waals surface area contributed by atoms with E-state index in [1.165, 1.54) is 0 Å². The number of allylic oxidation sites excluding steroid dienone is 1. The van der Waals surface area contributed by atoms with Crippen molar-refractivity contribution in [3.63, 3.8) is 0 Å². The molecule has 0 spiro atoms. The summed E-state index contributed by atoms with van der Waals surface area (Å²) in [5.41, 5.74) is 2.34. The van der Waals surface area contributed by atoms with Crippen molar-refractivity contribution in [2.45, 2.75) is 6.42 Å². The van der Waals surface area contributed by atoms with Crippen LogP contribution in [-0.2, 0) is 6.42 Å². The smallest absolute Gasteiger partial charge is 0.335 e. The molecule has 3 aromatic carbocycles. The lowest BCUT2D eigenvalue weighted by atomic mass is 9.96. The highest BCUT2D eigenvalue weighted by molar-refractivity contribution is 5.98. The van der Waals surface area contributed by atoms with Crippen molar-refractivity contribution in [1.29, 1.82) is 0 Å². The van der Waals surface area contributed by atoms with Gasteiger partial charge in [0.2, 0.25) is 0 Å². The molecule has 2 nitrogen and oxygen atoms in total. The zero-order valence-corrected chi connectivity index (χ0v) is 12.1. The Balaban J connectivity index is 1.99. The number of carbonyl (C=O) groups is 1. The standard InChI is InChI=1S/C20H16O2/c21-20(22)19-14-13-16-10-4-5-11-17(16)18(19)12-6-9-15-7-2-1-3-8-15/h1-11,13-14H,12H2,(H,21,22). The van der Waals surface area contributed by atoms with E-state index in [0.29, 0.717) is 12.0 Å². The average molecular weight is 288 g/mol. The summed E-state index contributed by atoms with van der Waals surface area (Å²) in [5, 5.41) is 11.5. The molecule has 1 N–H and O–H groups in total. The van der Waals surface area contributed by atoms with Gasteiger partial charge < -0.3 is 5.11 Å². The van der Waals surface area contributed by atoms with Gasteiger partial charge in [0.05, 0.1) is 5.56 Å². The van der Waals surface area contributed by atoms with Gasteiger partial charge in [0.15, 0.2) is 0 Å². The molecular formula is C20H16O2. The number of carboxylic acid groups (broad SMARTS) is 1. The fourth-order valence-electron chi connectivity index (χ4n) is 2.63. The van der Waals surface area contributed by atoms with Gasteiger partial charge in [-0.1, -0.05) is 72.8 Å². The van der Waals surface area contributed by atoms with Crippen LogP contribution in [0.2, 0.25) is 0 Å². The van der Waals surface area contributed by atoms with Crippen molar-refractivity contribution < 1.29 is 9.90 Å². The fourth-order valence-corrected chi connectivity index (χ4v) is 2.63. The maximum Gasteiger partial charge on any atom is 0.335 e. The Kier molecular flexibility index (Phi) is 4.01. The minimum absolute atomic E-state index is 0.372. The number of aromatic carboxylic acids is 1. The van der Waals surface area contributed by atoms with Gasteiger partial charge >= 0.3 is 5.97 Å². The first-order valence-corrected chi connectivity index (χ1v) is 7.21. The van der Waals surface area contributed by atoms with Gasteiger partial charge in [-0.15, -0.1) is 0 Å². The highest BCUT2D eigenvalue weighted by Crippen LogP contribution is 2.23. The van der Waals surface area contributed by atoms with Gasteiger partial charge in [-0.25, -0.2) is 4.79 Å². The molecule has 0 aromatic heterocycles. The zero-order valence-electron chi connectivity index (χ0n) is 12.1. The summed E-state index contributed by atoms with van der Waals surface area (Å²) >= 11 is 0. The molecule has 3 rings (SSSR count). The molecule has 0 amide bonds. The Morgan fingerprint density at radius 2 is 1.64 bits per heavy atom. The minimum Gasteiger partial charge on any atom is -0.478 e. The Morgan fingerprint density at radius 1 is 0.909 bits per heavy atom. The normalized spacial score (nSPS) is 11.1. The molecule has 0 aliphatic carbocycles. The van der Waals surface area contributed by atoms with Crippen molar-refractivity contribution in [2.24, 2.45) is 0 Å². The van der Waals surface area contributed by atoms with E-state index >= 15 is 0 Å². The van der Waals surface area contributed by atoms with E-state index in [1.54, 1.807) is 6.07 Å². The number of carboxylic acids is 1. The second kappa shape index (κ2) is 6.27. The molecule has 0 saturated heterocycles. The maximum atomic E-state index is 11.5. The van der Waals surface area contributed by atoms with Crippen molar-refractivity contribution in [3.8, 4) is 0 Å². The van der Waals surface area contributed by atoms with E-state index in [4.69, 9.17) is 0 Å². The lowest BCUT2D eigenvalue weighted by Gasteiger charge is -2.08. The zero-order chi connectivity index (χ0) is 15.4. The second-order valence-electron chi connectivity index (χ2n) is 5.14. The van der Waals surface area contributed by atoms with E-state index in [-0.39, 0.29) is 0 Å². The van der Waals surface area contributed by atoms with Crippen LogP contribution in [0.15, 0.2) is 72.8 Å². The van der Waals surface area contributed by atoms with Crippen LogP contribution in [-0.4, -0.2) is 11.1 Å². The van der Waals surface area contributed by atoms with Gasteiger partial charge in [-0.05, 0) is 34.4 Å². The first-order chi connectivity index (χ1) is 10.8. The maximum absolute atomic E-state index is 11.5. The largest absolute Gasteiger partial charge is 0.478 e. The second-order valence-corrected chi connectivity index (χ2v) is 5.14. The average Bonchev–Trinajstić information content (AvgIpc) is 2.55. The van der Waals surface area contributed by atoms with Gasteiger partial charge in [0, 0.05) is 0 Å². The van der Waals surface area contributed by atoms with Crippen molar-refractivity contribution in [3.05, 3.63) is 89.5 Å². The van der Waals surface area contributed by atoms with Crippen LogP contribution in [0.3, 0.4) is 0 Å². The van der Waals surface area contributed by atoms with Crippen LogP contribution in [0.4, 0.5) is 0 Å². The Morgan fingerprint density at radius 3 is 2.41 bits per heavy atom. The van der Waals surface area contributed by atoms with E-state index in [1.807, 2.05) is 72.8 Å². The summed E-state index contributed by atoms with van der Waals surface area (Å²) in [4.78, 5) is 11.5. The molecule has 0 bridgehead atoms. The quantitative estimate of drug-likeness (QED) is 0.749. The van der Waals surface area contributed by atoms with E-state index in [9.17, 15) is 9.90 Å². The molecule has 0 saturated carbocycles. The number of hydrogen-bond acceptors (Lipinski definition) is 1. The Hall–Kier alpha value is -2.87. The molecule has 0 atom stereocenters. The summed E-state index contributed by atoms with van der Waals surface area (Å²) in [6, 6.07) is 21.4. The molecule has 0 fully saturated rings. The molecule has 2 heteroatoms. The molecular weight excluding hydrogens is 272 g/mol. The van der Waals surface area contributed by atoms with Crippen LogP contribution in [0, 0.1) is 0 Å². The van der Waals surface area contributed by atoms with E-state index in [0.717, 1.165) is 21.9 Å². The molecule has 3 aromatic rings. The van der Waals surface area contributed by atoms with Crippen LogP contribution in [0.1, 0.15) is 21.5 Å². The fraction of sp³-hybridized carbons (Fsp3) is 0.0500. The highest BCUT2D eigenvalue weighted by Gasteiger charge is 2.11. The monoisotopic (exact) mass is 288 g/mol. The van der Waals surface area contributed by atoms with E-state index < -0.39 is 5.97 Å². The summed E-state index contributed by atoms with van der Waals surface area (Å²) in [6.07, 6.45) is 4.63. The molecule has 0 unspecified atom stereocenters. The van der Waals surface area contributed by atoms with E-state index in [2.05, 4.69) is 0 Å². The summed E-state index contributed by atoms with van der Waals surface area (Å²) in [6.45, 7) is 0. The van der Waals surface area contributed by atoms with Crippen molar-refractivity contribution >= 4 is 22.8 Å². The molecule has 0 aliphatic rings. The lowest BCUT2D eigenvalue weighted by Crippen LogP contribution is -2.02. The third-order valence-corrected chi connectivity index (χ3v) is 3.70. The van der Waals surface area contributed by atoms with Crippen LogP contribution >= 0.6 is 0 Å². The van der Waals surface area contributed by atoms with Gasteiger partial charge in [0.1, 0.15) is 0 Å². The van der Waals surface area contributed by atoms with Gasteiger partial charge in [0.25, 0.3) is 0 Å². The third kappa shape index (κ3) is 2.91. The number of rotatable bonds is 4. The summed E-state index contributed by atoms with van der Waals surface area (Å²) < 4.78 is 0. The Labute approximate surface area is 129 Å². The molecule has 0 aliphatic heterocycles. The van der Waals surface area contributed by atoms with Gasteiger partial charge in [-0.2, -0.15) is 0 Å². The molecule has 0 radical (unpaired) electrons. The SMILES string of the molecule is O=C(O)c1ccc2ccccc2c1CC=Cc1ccccc1. The van der Waals surface area contributed by atoms with Crippen LogP contribution in [0.25, 0.3) is 16.8 Å². The number of hydrogen-bond donors (Lipinski definition) is 1. The topological polar surface area (TPSA) is 37.3 Å². The van der Waals surface area contributed by atoms with Crippen LogP contribution in [0.5, 0.6) is 0 Å². The molecule has 0 heterocycles. The first kappa shape index (κ1) is 14.1. The summed E-state index contributed by atoms with van der Waals surface area (Å²) in [7, 11) is 0. The molecule has 108 valence electrons. The minimum atomic E-state index is -0.881. The number of benzene rings is 3. The number of fused-ring (bicyclic) bond motifs is 1. The van der Waals surface area contributed by atoms with Crippen LogP contribution < -0.4 is 0 Å². The Bertz CT molecular complexity index is 833. The van der Waals surface area contributed by atoms with Crippen molar-refractivity contribution in [2.75, 3.05) is 0 Å². The lowest BCUT2D eigenvalue weighted by molar-refractivity contribution is 0.0696. The molecule has 22 heavy (non-hydrogen) atoms. The van der Waals surface area contributed by atoms with Gasteiger partial charge in [-0.3, -0.25) is 0 Å². The summed E-state index contributed by atoms with van der Waals surface area (Å²) in [5.74, 6) is -0.881.